The normalized spacial score (nSPS) is 7.50. The van der Waals surface area contributed by atoms with Crippen LogP contribution in [0.3, 0.4) is 0 Å². The predicted octanol–water partition coefficient (Wildman–Crippen LogP) is -5.90. The van der Waals surface area contributed by atoms with E-state index in [0.29, 0.717) is 0 Å². The Kier molecular flexibility index (Phi) is 26.3. The molecule has 0 N–H and O–H groups in total. The number of rotatable bonds is 0. The molecular weight excluding hydrogens is 215 g/mol. The van der Waals surface area contributed by atoms with Gasteiger partial charge in [-0.1, -0.05) is 0 Å². The minimum Gasteiger partial charge on any atom is -0.894 e. The standard InChI is InChI=1S/Al.Ca.Fe.O4Si/c;;;1-5(2,3)4/q+3;2*+2;-4. The Morgan fingerprint density at radius 2 is 0.875 bits per heavy atom. The van der Waals surface area contributed by atoms with Crippen molar-refractivity contribution in [1.82, 2.24) is 0 Å². The topological polar surface area (TPSA) is 92.2 Å². The van der Waals surface area contributed by atoms with Crippen molar-refractivity contribution in [2.45, 2.75) is 0 Å². The van der Waals surface area contributed by atoms with Gasteiger partial charge in [-0.15, -0.1) is 0 Å². The quantitative estimate of drug-likeness (QED) is 0.376. The summed E-state index contributed by atoms with van der Waals surface area (Å²) in [5.74, 6) is 0. The summed E-state index contributed by atoms with van der Waals surface area (Å²) in [6, 6.07) is 0. The van der Waals surface area contributed by atoms with Gasteiger partial charge in [-0.3, -0.25) is 0 Å². The summed E-state index contributed by atoms with van der Waals surface area (Å²) in [5.41, 5.74) is 0. The second-order valence-corrected chi connectivity index (χ2v) is 1.50. The fourth-order valence-electron chi connectivity index (χ4n) is 0. The molecule has 0 rings (SSSR count). The van der Waals surface area contributed by atoms with Crippen molar-refractivity contribution < 1.29 is 36.3 Å². The fourth-order valence-corrected chi connectivity index (χ4v) is 0. The Labute approximate surface area is 99.0 Å². The van der Waals surface area contributed by atoms with Crippen LogP contribution in [0.2, 0.25) is 0 Å². The van der Waals surface area contributed by atoms with Crippen molar-refractivity contribution in [2.24, 2.45) is 0 Å². The first-order valence-electron chi connectivity index (χ1n) is 0.816. The van der Waals surface area contributed by atoms with Gasteiger partial charge in [0.05, 0.1) is 0 Å². The van der Waals surface area contributed by atoms with E-state index in [1.807, 2.05) is 0 Å². The molecule has 0 bridgehead atoms. The molecule has 0 amide bonds. The second-order valence-electron chi connectivity index (χ2n) is 0.500. The molecule has 8 heteroatoms. The summed E-state index contributed by atoms with van der Waals surface area (Å²) >= 11 is 0. The van der Waals surface area contributed by atoms with Crippen LogP contribution < -0.4 is 19.2 Å². The average Bonchev–Trinajstić information content (AvgIpc) is 0.722. The smallest absolute Gasteiger partial charge is 0.894 e. The maximum atomic E-state index is 8.58. The molecule has 0 fully saturated rings. The second kappa shape index (κ2) is 9.37. The van der Waals surface area contributed by atoms with Crippen LogP contribution in [-0.2, 0) is 17.1 Å². The summed E-state index contributed by atoms with van der Waals surface area (Å²) < 4.78 is 0. The third kappa shape index (κ3) is 81.0. The van der Waals surface area contributed by atoms with E-state index in [1.165, 1.54) is 0 Å². The van der Waals surface area contributed by atoms with Gasteiger partial charge >= 0.3 is 72.2 Å². The van der Waals surface area contributed by atoms with E-state index >= 15 is 0 Å². The van der Waals surface area contributed by atoms with E-state index in [2.05, 4.69) is 0 Å². The molecule has 0 aromatic rings. The SMILES string of the molecule is [Al+3].[Ca+2].[Fe+2].[O-][Si]([O-])([O-])[O-]. The summed E-state index contributed by atoms with van der Waals surface area (Å²) in [5, 5.41) is 0. The third-order valence-electron chi connectivity index (χ3n) is 0. The Bertz CT molecular complexity index is 31.5. The molecular formula is AlCaFeO4Si+3. The molecule has 0 unspecified atom stereocenters. The van der Waals surface area contributed by atoms with Gasteiger partial charge in [-0.25, -0.2) is 0 Å². The van der Waals surface area contributed by atoms with Crippen LogP contribution in [0.5, 0.6) is 0 Å². The maximum Gasteiger partial charge on any atom is 3.00 e. The third-order valence-corrected chi connectivity index (χ3v) is 0. The van der Waals surface area contributed by atoms with Gasteiger partial charge in [-0.2, -0.15) is 0 Å². The fraction of sp³-hybridized carbons (Fsp3) is 0. The molecule has 0 aromatic carbocycles. The van der Waals surface area contributed by atoms with E-state index in [9.17, 15) is 0 Å². The van der Waals surface area contributed by atoms with Crippen molar-refractivity contribution in [2.75, 3.05) is 0 Å². The van der Waals surface area contributed by atoms with Crippen molar-refractivity contribution in [3.63, 3.8) is 0 Å². The Morgan fingerprint density at radius 3 is 0.875 bits per heavy atom. The van der Waals surface area contributed by atoms with Crippen LogP contribution in [0.4, 0.5) is 0 Å². The summed E-state index contributed by atoms with van der Waals surface area (Å²) in [6.45, 7) is 0. The molecule has 0 aliphatic rings. The van der Waals surface area contributed by atoms with Gasteiger partial charge in [0, 0.05) is 0 Å². The van der Waals surface area contributed by atoms with Gasteiger partial charge in [0.15, 0.2) is 0 Å². The molecule has 0 spiro atoms. The van der Waals surface area contributed by atoms with E-state index in [1.54, 1.807) is 0 Å². The molecule has 8 heavy (non-hydrogen) atoms. The van der Waals surface area contributed by atoms with Gasteiger partial charge in [-0.05, 0) is 0 Å². The van der Waals surface area contributed by atoms with Gasteiger partial charge in [0.2, 0.25) is 0 Å². The number of hydrogen-bond donors (Lipinski definition) is 0. The molecule has 38 valence electrons. The molecule has 0 radical (unpaired) electrons. The first-order valence-corrected chi connectivity index (χ1v) is 2.45. The monoisotopic (exact) mass is 215 g/mol. The molecule has 4 nitrogen and oxygen atoms in total. The Hall–Kier alpha value is 2.37. The van der Waals surface area contributed by atoms with Crippen molar-refractivity contribution in [3.8, 4) is 0 Å². The van der Waals surface area contributed by atoms with Crippen LogP contribution >= 0.6 is 0 Å². The summed E-state index contributed by atoms with van der Waals surface area (Å²) in [7, 11) is -5.61. The first-order chi connectivity index (χ1) is 2.00. The molecule has 0 aromatic heterocycles. The molecule has 0 heterocycles. The van der Waals surface area contributed by atoms with Crippen LogP contribution in [0.15, 0.2) is 0 Å². The van der Waals surface area contributed by atoms with E-state index in [-0.39, 0.29) is 72.2 Å². The molecule has 0 saturated heterocycles. The maximum absolute atomic E-state index is 8.58. The largest absolute Gasteiger partial charge is 3.00 e. The van der Waals surface area contributed by atoms with Gasteiger partial charge in [0.1, 0.15) is 0 Å². The van der Waals surface area contributed by atoms with E-state index in [0.717, 1.165) is 0 Å². The molecule has 0 atom stereocenters. The summed E-state index contributed by atoms with van der Waals surface area (Å²) in [4.78, 5) is 34.3. The Morgan fingerprint density at radius 1 is 0.875 bits per heavy atom. The zero-order chi connectivity index (χ0) is 4.50. The minimum atomic E-state index is -5.61. The van der Waals surface area contributed by atoms with Crippen molar-refractivity contribution in [3.05, 3.63) is 0 Å². The van der Waals surface area contributed by atoms with E-state index in [4.69, 9.17) is 19.2 Å². The first kappa shape index (κ1) is 22.4. The zero-order valence-corrected chi connectivity index (χ0v) is 9.24. The molecule has 0 aliphatic heterocycles. The van der Waals surface area contributed by atoms with E-state index < -0.39 is 9.05 Å². The van der Waals surface area contributed by atoms with Gasteiger partial charge in [0.25, 0.3) is 0 Å². The predicted molar refractivity (Wildman–Crippen MR) is 17.3 cm³/mol. The average molecular weight is 215 g/mol. The summed E-state index contributed by atoms with van der Waals surface area (Å²) in [6.07, 6.45) is 0. The van der Waals surface area contributed by atoms with Crippen molar-refractivity contribution >= 4 is 64.1 Å². The van der Waals surface area contributed by atoms with Gasteiger partial charge < -0.3 is 28.2 Å². The number of hydrogen-bond acceptors (Lipinski definition) is 4. The Balaban J connectivity index is -0.0000000267. The van der Waals surface area contributed by atoms with Crippen LogP contribution in [-0.4, -0.2) is 64.1 Å². The van der Waals surface area contributed by atoms with Crippen LogP contribution in [0.1, 0.15) is 0 Å². The van der Waals surface area contributed by atoms with Crippen molar-refractivity contribution in [1.29, 1.82) is 0 Å². The molecule has 0 aliphatic carbocycles. The molecule has 0 saturated carbocycles. The zero-order valence-electron chi connectivity index (χ0n) is 3.77. The minimum absolute atomic E-state index is 0. The van der Waals surface area contributed by atoms with Crippen LogP contribution in [0, 0.1) is 0 Å². The van der Waals surface area contributed by atoms with Crippen LogP contribution in [0.25, 0.3) is 0 Å².